The molecule has 23 heavy (non-hydrogen) atoms. The van der Waals surface area contributed by atoms with Crippen molar-refractivity contribution >= 4 is 23.4 Å². The van der Waals surface area contributed by atoms with E-state index < -0.39 is 5.60 Å². The lowest BCUT2D eigenvalue weighted by atomic mass is 9.71. The topological polar surface area (TPSA) is 41.6 Å². The fourth-order valence-corrected chi connectivity index (χ4v) is 3.71. The van der Waals surface area contributed by atoms with Crippen molar-refractivity contribution in [1.82, 2.24) is 4.90 Å². The van der Waals surface area contributed by atoms with Crippen LogP contribution < -0.4 is 5.32 Å². The maximum atomic E-state index is 12.2. The Kier molecular flexibility index (Phi) is 4.21. The number of nitrogens with zero attached hydrogens (tertiary/aromatic N) is 1. The van der Waals surface area contributed by atoms with Crippen LogP contribution in [0, 0.1) is 5.41 Å². The molecule has 0 aliphatic carbocycles. The number of ether oxygens (including phenoxy) is 1. The Hall–Kier alpha value is -1.42. The Balaban J connectivity index is 1.65. The summed E-state index contributed by atoms with van der Waals surface area (Å²) in [5.74, 6) is 0. The highest BCUT2D eigenvalue weighted by molar-refractivity contribution is 6.31. The molecule has 0 atom stereocenters. The van der Waals surface area contributed by atoms with Crippen molar-refractivity contribution < 1.29 is 9.53 Å². The van der Waals surface area contributed by atoms with Gasteiger partial charge in [0.05, 0.1) is 0 Å². The number of fused-ring (bicyclic) bond motifs is 1. The van der Waals surface area contributed by atoms with E-state index in [-0.39, 0.29) is 11.5 Å². The maximum absolute atomic E-state index is 12.2. The lowest BCUT2D eigenvalue weighted by Crippen LogP contribution is -2.49. The van der Waals surface area contributed by atoms with Gasteiger partial charge in [-0.2, -0.15) is 0 Å². The smallest absolute Gasteiger partial charge is 0.410 e. The molecule has 4 nitrogen and oxygen atoms in total. The zero-order chi connectivity index (χ0) is 16.7. The molecule has 0 unspecified atom stereocenters. The third-order valence-electron chi connectivity index (χ3n) is 4.80. The minimum absolute atomic E-state index is 0.191. The largest absolute Gasteiger partial charge is 0.444 e. The minimum Gasteiger partial charge on any atom is -0.444 e. The Morgan fingerprint density at radius 3 is 2.65 bits per heavy atom. The Bertz CT molecular complexity index is 602. The number of halogens is 1. The third-order valence-corrected chi connectivity index (χ3v) is 5.15. The molecule has 0 bridgehead atoms. The average Bonchev–Trinajstić information content (AvgIpc) is 2.47. The van der Waals surface area contributed by atoms with Gasteiger partial charge in [0.25, 0.3) is 0 Å². The Morgan fingerprint density at radius 1 is 1.30 bits per heavy atom. The molecule has 126 valence electrons. The van der Waals surface area contributed by atoms with Crippen LogP contribution in [0.2, 0.25) is 5.02 Å². The predicted molar refractivity (Wildman–Crippen MR) is 93.1 cm³/mol. The second-order valence-electron chi connectivity index (χ2n) is 7.76. The SMILES string of the molecule is CC(C)(C)OC(=O)N1CCC2(CC1)CNc1cccc(Cl)c1C2. The molecule has 2 aliphatic rings. The van der Waals surface area contributed by atoms with Crippen molar-refractivity contribution in [3.05, 3.63) is 28.8 Å². The summed E-state index contributed by atoms with van der Waals surface area (Å²) in [5, 5.41) is 4.36. The molecule has 1 aromatic carbocycles. The summed E-state index contributed by atoms with van der Waals surface area (Å²) in [5.41, 5.74) is 2.12. The lowest BCUT2D eigenvalue weighted by Gasteiger charge is -2.45. The van der Waals surface area contributed by atoms with E-state index in [0.717, 1.165) is 49.6 Å². The molecule has 1 fully saturated rings. The van der Waals surface area contributed by atoms with Crippen LogP contribution in [0.25, 0.3) is 0 Å². The van der Waals surface area contributed by atoms with Crippen LogP contribution in [0.4, 0.5) is 10.5 Å². The number of nitrogens with one attached hydrogen (secondary N) is 1. The molecule has 0 radical (unpaired) electrons. The van der Waals surface area contributed by atoms with Gasteiger partial charge in [-0.25, -0.2) is 4.79 Å². The van der Waals surface area contributed by atoms with Crippen molar-refractivity contribution in [3.63, 3.8) is 0 Å². The van der Waals surface area contributed by atoms with Crippen molar-refractivity contribution in [2.45, 2.75) is 45.6 Å². The number of carbonyl (C=O) groups is 1. The number of piperidine rings is 1. The molecule has 1 spiro atoms. The summed E-state index contributed by atoms with van der Waals surface area (Å²) >= 11 is 6.37. The number of anilines is 1. The second kappa shape index (κ2) is 5.90. The molecule has 1 N–H and O–H groups in total. The lowest BCUT2D eigenvalue weighted by molar-refractivity contribution is 0.0110. The highest BCUT2D eigenvalue weighted by Crippen LogP contribution is 2.42. The van der Waals surface area contributed by atoms with Gasteiger partial charge in [-0.15, -0.1) is 0 Å². The van der Waals surface area contributed by atoms with Gasteiger partial charge in [-0.05, 0) is 63.1 Å². The van der Waals surface area contributed by atoms with Gasteiger partial charge >= 0.3 is 6.09 Å². The summed E-state index contributed by atoms with van der Waals surface area (Å²) in [6.45, 7) is 8.15. The van der Waals surface area contributed by atoms with Gasteiger partial charge in [-0.3, -0.25) is 0 Å². The summed E-state index contributed by atoms with van der Waals surface area (Å²) < 4.78 is 5.48. The first kappa shape index (κ1) is 16.4. The predicted octanol–water partition coefficient (Wildman–Crippen LogP) is 4.33. The van der Waals surface area contributed by atoms with E-state index in [9.17, 15) is 4.79 Å². The maximum Gasteiger partial charge on any atom is 0.410 e. The van der Waals surface area contributed by atoms with Crippen molar-refractivity contribution in [2.24, 2.45) is 5.41 Å². The van der Waals surface area contributed by atoms with E-state index in [0.29, 0.717) is 0 Å². The first-order chi connectivity index (χ1) is 10.8. The van der Waals surface area contributed by atoms with Gasteiger partial charge in [0.2, 0.25) is 0 Å². The number of hydrogen-bond acceptors (Lipinski definition) is 3. The van der Waals surface area contributed by atoms with Crippen molar-refractivity contribution in [2.75, 3.05) is 25.0 Å². The van der Waals surface area contributed by atoms with Crippen LogP contribution in [0.1, 0.15) is 39.2 Å². The number of amides is 1. The summed E-state index contributed by atoms with van der Waals surface area (Å²) in [4.78, 5) is 14.0. The summed E-state index contributed by atoms with van der Waals surface area (Å²) in [6.07, 6.45) is 2.74. The average molecular weight is 337 g/mol. The highest BCUT2D eigenvalue weighted by Gasteiger charge is 2.40. The molecule has 1 saturated heterocycles. The number of likely N-dealkylation sites (tertiary alicyclic amines) is 1. The van der Waals surface area contributed by atoms with E-state index in [1.165, 1.54) is 5.56 Å². The van der Waals surface area contributed by atoms with Gasteiger partial charge in [-0.1, -0.05) is 17.7 Å². The fraction of sp³-hybridized carbons (Fsp3) is 0.611. The number of benzene rings is 1. The first-order valence-corrected chi connectivity index (χ1v) is 8.65. The van der Waals surface area contributed by atoms with Gasteiger partial charge < -0.3 is 15.0 Å². The van der Waals surface area contributed by atoms with E-state index >= 15 is 0 Å². The fourth-order valence-electron chi connectivity index (χ4n) is 3.47. The Labute approximate surface area is 143 Å². The van der Waals surface area contributed by atoms with Gasteiger partial charge in [0.15, 0.2) is 0 Å². The van der Waals surface area contributed by atoms with Crippen LogP contribution in [0.5, 0.6) is 0 Å². The highest BCUT2D eigenvalue weighted by atomic mass is 35.5. The van der Waals surface area contributed by atoms with Gasteiger partial charge in [0.1, 0.15) is 5.60 Å². The second-order valence-corrected chi connectivity index (χ2v) is 8.17. The molecule has 2 aliphatic heterocycles. The van der Waals surface area contributed by atoms with Crippen LogP contribution in [0.3, 0.4) is 0 Å². The monoisotopic (exact) mass is 336 g/mol. The molecular weight excluding hydrogens is 312 g/mol. The zero-order valence-corrected chi connectivity index (χ0v) is 14.9. The normalized spacial score (nSPS) is 19.9. The zero-order valence-electron chi connectivity index (χ0n) is 14.1. The number of hydrogen-bond donors (Lipinski definition) is 1. The molecule has 5 heteroatoms. The molecular formula is C18H25ClN2O2. The molecule has 3 rings (SSSR count). The Morgan fingerprint density at radius 2 is 2.00 bits per heavy atom. The summed E-state index contributed by atoms with van der Waals surface area (Å²) in [7, 11) is 0. The van der Waals surface area contributed by atoms with E-state index in [1.54, 1.807) is 0 Å². The van der Waals surface area contributed by atoms with E-state index in [2.05, 4.69) is 11.4 Å². The molecule has 1 aromatic rings. The first-order valence-electron chi connectivity index (χ1n) is 8.27. The summed E-state index contributed by atoms with van der Waals surface area (Å²) in [6, 6.07) is 6.03. The third kappa shape index (κ3) is 3.57. The molecule has 0 saturated carbocycles. The molecule has 1 amide bonds. The van der Waals surface area contributed by atoms with Gasteiger partial charge in [0, 0.05) is 30.3 Å². The van der Waals surface area contributed by atoms with Crippen LogP contribution in [0.15, 0.2) is 18.2 Å². The van der Waals surface area contributed by atoms with Crippen molar-refractivity contribution in [3.8, 4) is 0 Å². The van der Waals surface area contributed by atoms with E-state index in [1.807, 2.05) is 37.8 Å². The number of carbonyl (C=O) groups excluding carboxylic acids is 1. The minimum atomic E-state index is -0.439. The number of rotatable bonds is 0. The van der Waals surface area contributed by atoms with Crippen LogP contribution >= 0.6 is 11.6 Å². The van der Waals surface area contributed by atoms with Crippen LogP contribution in [-0.4, -0.2) is 36.2 Å². The van der Waals surface area contributed by atoms with E-state index in [4.69, 9.17) is 16.3 Å². The molecule has 2 heterocycles. The van der Waals surface area contributed by atoms with Crippen molar-refractivity contribution in [1.29, 1.82) is 0 Å². The quantitative estimate of drug-likeness (QED) is 0.767. The van der Waals surface area contributed by atoms with Crippen LogP contribution in [-0.2, 0) is 11.2 Å². The standard InChI is InChI=1S/C18H25ClN2O2/c1-17(2,3)23-16(22)21-9-7-18(8-10-21)11-13-14(19)5-4-6-15(13)20-12-18/h4-6,20H,7-12H2,1-3H3. The molecule has 0 aromatic heterocycles.